The Morgan fingerprint density at radius 1 is 1.21 bits per heavy atom. The van der Waals surface area contributed by atoms with E-state index in [1.165, 1.54) is 12.8 Å². The third-order valence-electron chi connectivity index (χ3n) is 3.27. The van der Waals surface area contributed by atoms with Crippen LogP contribution in [0.5, 0.6) is 0 Å². The molecule has 112 valence electrons. The Bertz CT molecular complexity index is 256. The van der Waals surface area contributed by atoms with Crippen LogP contribution < -0.4 is 0 Å². The van der Waals surface area contributed by atoms with Crippen LogP contribution in [-0.2, 0) is 9.47 Å². The summed E-state index contributed by atoms with van der Waals surface area (Å²) in [6.45, 7) is 2.55. The van der Waals surface area contributed by atoms with E-state index in [9.17, 15) is 10.2 Å². The fourth-order valence-corrected chi connectivity index (χ4v) is 2.01. The van der Waals surface area contributed by atoms with Crippen molar-refractivity contribution >= 4 is 0 Å². The van der Waals surface area contributed by atoms with Gasteiger partial charge in [-0.25, -0.2) is 0 Å². The molecule has 0 spiro atoms. The molecule has 1 rings (SSSR count). The zero-order chi connectivity index (χ0) is 14.1. The molecule has 3 N–H and O–H groups in total. The fourth-order valence-electron chi connectivity index (χ4n) is 2.01. The Labute approximate surface area is 114 Å². The van der Waals surface area contributed by atoms with Crippen molar-refractivity contribution in [3.63, 3.8) is 0 Å². The van der Waals surface area contributed by atoms with Gasteiger partial charge in [-0.05, 0) is 12.8 Å². The SMILES string of the molecule is CCCC/C=C/CCO[C@H]1CO[C@H](CO)[C@@H](O)[C@@H]1O. The van der Waals surface area contributed by atoms with Gasteiger partial charge < -0.3 is 24.8 Å². The first kappa shape index (κ1) is 16.6. The molecule has 4 atom stereocenters. The summed E-state index contributed by atoms with van der Waals surface area (Å²) in [6.07, 6.45) is 5.12. The predicted octanol–water partition coefficient (Wildman–Crippen LogP) is 0.621. The lowest BCUT2D eigenvalue weighted by Gasteiger charge is -2.36. The van der Waals surface area contributed by atoms with Crippen molar-refractivity contribution in [2.45, 2.75) is 57.0 Å². The summed E-state index contributed by atoms with van der Waals surface area (Å²) in [7, 11) is 0. The van der Waals surface area contributed by atoms with E-state index in [1.54, 1.807) is 0 Å². The van der Waals surface area contributed by atoms with Gasteiger partial charge in [0.05, 0.1) is 19.8 Å². The standard InChI is InChI=1S/C14H26O5/c1-2-3-4-5-6-7-8-18-12-10-19-11(9-15)13(16)14(12)17/h5-6,11-17H,2-4,7-10H2,1H3/b6-5+/t11-,12+,13-,14-/m1/s1. The normalized spacial score (nSPS) is 32.0. The van der Waals surface area contributed by atoms with Gasteiger partial charge in [0.2, 0.25) is 0 Å². The van der Waals surface area contributed by atoms with Crippen LogP contribution in [0.1, 0.15) is 32.6 Å². The molecule has 1 fully saturated rings. The Morgan fingerprint density at radius 3 is 2.63 bits per heavy atom. The Balaban J connectivity index is 2.17. The summed E-state index contributed by atoms with van der Waals surface area (Å²) < 4.78 is 10.7. The molecule has 0 bridgehead atoms. The second kappa shape index (κ2) is 9.44. The van der Waals surface area contributed by atoms with E-state index in [2.05, 4.69) is 19.1 Å². The molecule has 0 aromatic rings. The Hall–Kier alpha value is -0.460. The molecule has 5 heteroatoms. The highest BCUT2D eigenvalue weighted by atomic mass is 16.6. The molecule has 1 aliphatic heterocycles. The topological polar surface area (TPSA) is 79.2 Å². The minimum Gasteiger partial charge on any atom is -0.394 e. The number of hydrogen-bond donors (Lipinski definition) is 3. The monoisotopic (exact) mass is 274 g/mol. The molecular weight excluding hydrogens is 248 g/mol. The largest absolute Gasteiger partial charge is 0.394 e. The molecule has 1 saturated heterocycles. The third kappa shape index (κ3) is 5.58. The number of aliphatic hydroxyl groups excluding tert-OH is 3. The van der Waals surface area contributed by atoms with Crippen LogP contribution in [0.2, 0.25) is 0 Å². The lowest BCUT2D eigenvalue weighted by molar-refractivity contribution is -0.208. The van der Waals surface area contributed by atoms with Gasteiger partial charge in [0.1, 0.15) is 24.4 Å². The van der Waals surface area contributed by atoms with Crippen molar-refractivity contribution in [1.29, 1.82) is 0 Å². The van der Waals surface area contributed by atoms with Crippen molar-refractivity contribution in [3.05, 3.63) is 12.2 Å². The van der Waals surface area contributed by atoms with E-state index < -0.39 is 24.4 Å². The quantitative estimate of drug-likeness (QED) is 0.447. The van der Waals surface area contributed by atoms with Crippen LogP contribution in [0.4, 0.5) is 0 Å². The minimum atomic E-state index is -1.09. The van der Waals surface area contributed by atoms with Crippen LogP contribution >= 0.6 is 0 Å². The van der Waals surface area contributed by atoms with E-state index >= 15 is 0 Å². The van der Waals surface area contributed by atoms with E-state index in [1.807, 2.05) is 0 Å². The van der Waals surface area contributed by atoms with Gasteiger partial charge >= 0.3 is 0 Å². The molecule has 1 aliphatic rings. The maximum atomic E-state index is 9.83. The Morgan fingerprint density at radius 2 is 1.95 bits per heavy atom. The van der Waals surface area contributed by atoms with Crippen molar-refractivity contribution in [3.8, 4) is 0 Å². The smallest absolute Gasteiger partial charge is 0.111 e. The van der Waals surface area contributed by atoms with E-state index in [0.717, 1.165) is 12.8 Å². The van der Waals surface area contributed by atoms with Crippen molar-refractivity contribution in [1.82, 2.24) is 0 Å². The number of allylic oxidation sites excluding steroid dienone is 1. The lowest BCUT2D eigenvalue weighted by Crippen LogP contribution is -2.55. The second-order valence-corrected chi connectivity index (χ2v) is 4.85. The number of unbranched alkanes of at least 4 members (excludes halogenated alkanes) is 2. The molecule has 0 aromatic heterocycles. The van der Waals surface area contributed by atoms with Crippen LogP contribution in [0, 0.1) is 0 Å². The summed E-state index contributed by atoms with van der Waals surface area (Å²) in [5.74, 6) is 0. The number of aliphatic hydroxyl groups is 3. The average Bonchev–Trinajstić information content (AvgIpc) is 2.42. The second-order valence-electron chi connectivity index (χ2n) is 4.85. The van der Waals surface area contributed by atoms with Crippen LogP contribution in [0.25, 0.3) is 0 Å². The van der Waals surface area contributed by atoms with Crippen LogP contribution in [0.15, 0.2) is 12.2 Å². The molecule has 0 unspecified atom stereocenters. The van der Waals surface area contributed by atoms with Crippen LogP contribution in [-0.4, -0.2) is 59.6 Å². The molecule has 0 aliphatic carbocycles. The average molecular weight is 274 g/mol. The van der Waals surface area contributed by atoms with Gasteiger partial charge in [0.15, 0.2) is 0 Å². The van der Waals surface area contributed by atoms with Gasteiger partial charge in [-0.3, -0.25) is 0 Å². The Kier molecular flexibility index (Phi) is 8.25. The highest BCUT2D eigenvalue weighted by Gasteiger charge is 2.38. The van der Waals surface area contributed by atoms with E-state index in [4.69, 9.17) is 14.6 Å². The summed E-state index contributed by atoms with van der Waals surface area (Å²) in [5, 5.41) is 28.4. The zero-order valence-corrected chi connectivity index (χ0v) is 11.6. The van der Waals surface area contributed by atoms with Crippen LogP contribution in [0.3, 0.4) is 0 Å². The summed E-state index contributed by atoms with van der Waals surface area (Å²) >= 11 is 0. The molecule has 0 saturated carbocycles. The molecule has 1 heterocycles. The number of rotatable bonds is 8. The highest BCUT2D eigenvalue weighted by molar-refractivity contribution is 4.87. The lowest BCUT2D eigenvalue weighted by atomic mass is 10.0. The number of ether oxygens (including phenoxy) is 2. The minimum absolute atomic E-state index is 0.197. The first-order valence-corrected chi connectivity index (χ1v) is 7.05. The highest BCUT2D eigenvalue weighted by Crippen LogP contribution is 2.17. The van der Waals surface area contributed by atoms with Gasteiger partial charge in [-0.15, -0.1) is 0 Å². The van der Waals surface area contributed by atoms with E-state index in [-0.39, 0.29) is 13.2 Å². The predicted molar refractivity (Wildman–Crippen MR) is 71.9 cm³/mol. The maximum Gasteiger partial charge on any atom is 0.111 e. The maximum absolute atomic E-state index is 9.83. The number of hydrogen-bond acceptors (Lipinski definition) is 5. The first-order chi connectivity index (χ1) is 9.20. The molecule has 0 radical (unpaired) electrons. The van der Waals surface area contributed by atoms with Crippen molar-refractivity contribution in [2.75, 3.05) is 19.8 Å². The molecule has 0 aromatic carbocycles. The van der Waals surface area contributed by atoms with E-state index in [0.29, 0.717) is 6.61 Å². The van der Waals surface area contributed by atoms with Crippen molar-refractivity contribution < 1.29 is 24.8 Å². The van der Waals surface area contributed by atoms with Gasteiger partial charge in [0, 0.05) is 0 Å². The summed E-state index contributed by atoms with van der Waals surface area (Å²) in [5.41, 5.74) is 0. The molecule has 19 heavy (non-hydrogen) atoms. The molecule has 5 nitrogen and oxygen atoms in total. The third-order valence-corrected chi connectivity index (χ3v) is 3.27. The fraction of sp³-hybridized carbons (Fsp3) is 0.857. The molecule has 0 amide bonds. The first-order valence-electron chi connectivity index (χ1n) is 7.05. The van der Waals surface area contributed by atoms with Gasteiger partial charge in [0.25, 0.3) is 0 Å². The van der Waals surface area contributed by atoms with Crippen molar-refractivity contribution in [2.24, 2.45) is 0 Å². The summed E-state index contributed by atoms with van der Waals surface area (Å²) in [4.78, 5) is 0. The molecular formula is C14H26O5. The summed E-state index contributed by atoms with van der Waals surface area (Å²) in [6, 6.07) is 0. The zero-order valence-electron chi connectivity index (χ0n) is 11.6. The van der Waals surface area contributed by atoms with Gasteiger partial charge in [-0.1, -0.05) is 31.9 Å². The van der Waals surface area contributed by atoms with Gasteiger partial charge in [-0.2, -0.15) is 0 Å².